The van der Waals surface area contributed by atoms with Gasteiger partial charge >= 0.3 is 0 Å². The van der Waals surface area contributed by atoms with Crippen LogP contribution < -0.4 is 15.1 Å². The minimum absolute atomic E-state index is 0.00306. The number of nitro groups is 1. The molecular formula is C24H29N5O3. The maximum absolute atomic E-state index is 13.5. The van der Waals surface area contributed by atoms with Gasteiger partial charge in [-0.1, -0.05) is 25.3 Å². The molecular weight excluding hydrogens is 406 g/mol. The number of nitro benzene ring substituents is 1. The van der Waals surface area contributed by atoms with E-state index in [-0.39, 0.29) is 34.5 Å². The Labute approximate surface area is 187 Å². The van der Waals surface area contributed by atoms with Crippen molar-refractivity contribution in [1.82, 2.24) is 10.3 Å². The van der Waals surface area contributed by atoms with Crippen LogP contribution in [0.15, 0.2) is 42.6 Å². The number of pyridine rings is 1. The Hall–Kier alpha value is -3.16. The molecule has 1 aromatic carbocycles. The molecule has 2 unspecified atom stereocenters. The number of piperazine rings is 1. The second-order valence-electron chi connectivity index (χ2n) is 9.12. The number of hydrogen-bond donors (Lipinski definition) is 1. The second-order valence-corrected chi connectivity index (χ2v) is 9.12. The van der Waals surface area contributed by atoms with E-state index in [4.69, 9.17) is 0 Å². The largest absolute Gasteiger partial charge is 0.364 e. The van der Waals surface area contributed by atoms with E-state index in [0.29, 0.717) is 13.0 Å². The Morgan fingerprint density at radius 3 is 2.72 bits per heavy atom. The molecule has 0 radical (unpaired) electrons. The van der Waals surface area contributed by atoms with E-state index < -0.39 is 0 Å². The fourth-order valence-corrected chi connectivity index (χ4v) is 5.53. The van der Waals surface area contributed by atoms with Gasteiger partial charge in [-0.25, -0.2) is 4.98 Å². The summed E-state index contributed by atoms with van der Waals surface area (Å²) in [5.41, 5.74) is 1.99. The monoisotopic (exact) mass is 435 g/mol. The lowest BCUT2D eigenvalue weighted by atomic mass is 9.82. The molecule has 2 atom stereocenters. The highest BCUT2D eigenvalue weighted by molar-refractivity contribution is 5.83. The predicted molar refractivity (Wildman–Crippen MR) is 123 cm³/mol. The Bertz CT molecular complexity index is 992. The van der Waals surface area contributed by atoms with Crippen LogP contribution in [-0.4, -0.2) is 47.5 Å². The van der Waals surface area contributed by atoms with Gasteiger partial charge in [-0.15, -0.1) is 0 Å². The number of aromatic nitrogens is 1. The van der Waals surface area contributed by atoms with Gasteiger partial charge in [0.05, 0.1) is 16.9 Å². The van der Waals surface area contributed by atoms with E-state index in [1.807, 2.05) is 24.3 Å². The first-order chi connectivity index (χ1) is 15.6. The normalized spacial score (nSPS) is 23.2. The van der Waals surface area contributed by atoms with Gasteiger partial charge < -0.3 is 15.1 Å². The van der Waals surface area contributed by atoms with Crippen molar-refractivity contribution in [2.24, 2.45) is 5.92 Å². The average Bonchev–Trinajstić information content (AvgIpc) is 2.84. The summed E-state index contributed by atoms with van der Waals surface area (Å²) < 4.78 is 0. The number of carbonyl (C=O) groups is 1. The van der Waals surface area contributed by atoms with Crippen molar-refractivity contribution in [3.05, 3.63) is 58.3 Å². The summed E-state index contributed by atoms with van der Waals surface area (Å²) in [4.78, 5) is 33.5. The molecule has 8 nitrogen and oxygen atoms in total. The fourth-order valence-electron chi connectivity index (χ4n) is 5.53. The molecule has 168 valence electrons. The van der Waals surface area contributed by atoms with Crippen molar-refractivity contribution in [3.8, 4) is 0 Å². The molecule has 1 aliphatic carbocycles. The second kappa shape index (κ2) is 8.76. The van der Waals surface area contributed by atoms with Crippen LogP contribution in [-0.2, 0) is 11.2 Å². The zero-order chi connectivity index (χ0) is 22.1. The van der Waals surface area contributed by atoms with E-state index in [1.54, 1.807) is 18.3 Å². The van der Waals surface area contributed by atoms with E-state index in [0.717, 1.165) is 55.8 Å². The molecule has 8 heteroatoms. The maximum Gasteiger partial charge on any atom is 0.269 e. The summed E-state index contributed by atoms with van der Waals surface area (Å²) in [6.45, 7) is 2.25. The highest BCUT2D eigenvalue weighted by atomic mass is 16.6. The standard InChI is InChI=1S/C24H29N5O3/c30-24(26-18-6-2-1-3-7-18)20-15-17-14-19(29(31)32)9-10-21(17)28-13-12-27(16-22(20)28)23-8-4-5-11-25-23/h4-5,8-11,14,18,20,22H,1-3,6-7,12-13,15-16H2,(H,26,30). The summed E-state index contributed by atoms with van der Waals surface area (Å²) in [5.74, 6) is 0.748. The number of carbonyl (C=O) groups excluding carboxylic acids is 1. The van der Waals surface area contributed by atoms with Crippen molar-refractivity contribution in [3.63, 3.8) is 0 Å². The fraction of sp³-hybridized carbons (Fsp3) is 0.500. The minimum atomic E-state index is -0.359. The van der Waals surface area contributed by atoms with Gasteiger partial charge in [0, 0.05) is 49.7 Å². The first kappa shape index (κ1) is 20.7. The summed E-state index contributed by atoms with van der Waals surface area (Å²) in [6.07, 6.45) is 7.95. The van der Waals surface area contributed by atoms with Crippen molar-refractivity contribution in [1.29, 1.82) is 0 Å². The number of nitrogens with one attached hydrogen (secondary N) is 1. The molecule has 1 saturated heterocycles. The van der Waals surface area contributed by atoms with Crippen molar-refractivity contribution < 1.29 is 9.72 Å². The molecule has 0 bridgehead atoms. The Morgan fingerprint density at radius 1 is 1.12 bits per heavy atom. The van der Waals surface area contributed by atoms with Gasteiger partial charge in [-0.2, -0.15) is 0 Å². The van der Waals surface area contributed by atoms with Crippen molar-refractivity contribution >= 4 is 23.1 Å². The molecule has 2 aliphatic heterocycles. The number of rotatable bonds is 4. The molecule has 5 rings (SSSR count). The average molecular weight is 436 g/mol. The van der Waals surface area contributed by atoms with E-state index in [9.17, 15) is 14.9 Å². The predicted octanol–water partition coefficient (Wildman–Crippen LogP) is 3.31. The first-order valence-electron chi connectivity index (χ1n) is 11.6. The van der Waals surface area contributed by atoms with Gasteiger partial charge in [-0.05, 0) is 43.0 Å². The van der Waals surface area contributed by atoms with Crippen molar-refractivity contribution in [2.75, 3.05) is 29.4 Å². The SMILES string of the molecule is O=C(NC1CCCCC1)C1Cc2cc([N+](=O)[O-])ccc2N2CCN(c3ccccn3)CC12. The third-order valence-corrected chi connectivity index (χ3v) is 7.17. The number of fused-ring (bicyclic) bond motifs is 3. The molecule has 3 heterocycles. The zero-order valence-electron chi connectivity index (χ0n) is 18.2. The molecule has 32 heavy (non-hydrogen) atoms. The lowest BCUT2D eigenvalue weighted by molar-refractivity contribution is -0.384. The molecule has 1 aromatic heterocycles. The first-order valence-corrected chi connectivity index (χ1v) is 11.6. The minimum Gasteiger partial charge on any atom is -0.364 e. The van der Waals surface area contributed by atoms with Crippen LogP contribution in [0.3, 0.4) is 0 Å². The van der Waals surface area contributed by atoms with Crippen LogP contribution >= 0.6 is 0 Å². The number of hydrogen-bond acceptors (Lipinski definition) is 6. The quantitative estimate of drug-likeness (QED) is 0.585. The third kappa shape index (κ3) is 4.01. The van der Waals surface area contributed by atoms with Crippen LogP contribution in [0.1, 0.15) is 37.7 Å². The summed E-state index contributed by atoms with van der Waals surface area (Å²) >= 11 is 0. The summed E-state index contributed by atoms with van der Waals surface area (Å²) in [5, 5.41) is 14.7. The Kier molecular flexibility index (Phi) is 5.68. The molecule has 1 amide bonds. The van der Waals surface area contributed by atoms with Crippen LogP contribution in [0.5, 0.6) is 0 Å². The highest BCUT2D eigenvalue weighted by Crippen LogP contribution is 2.38. The zero-order valence-corrected chi connectivity index (χ0v) is 18.2. The van der Waals surface area contributed by atoms with Crippen LogP contribution in [0.2, 0.25) is 0 Å². The molecule has 1 saturated carbocycles. The van der Waals surface area contributed by atoms with Gasteiger partial charge in [0.15, 0.2) is 0 Å². The van der Waals surface area contributed by atoms with E-state index in [2.05, 4.69) is 20.1 Å². The highest BCUT2D eigenvalue weighted by Gasteiger charge is 2.42. The van der Waals surface area contributed by atoms with E-state index >= 15 is 0 Å². The molecule has 0 spiro atoms. The molecule has 2 aromatic rings. The topological polar surface area (TPSA) is 91.6 Å². The molecule has 1 N–H and O–H groups in total. The lowest BCUT2D eigenvalue weighted by Crippen LogP contribution is -2.62. The number of amides is 1. The van der Waals surface area contributed by atoms with Crippen LogP contribution in [0.25, 0.3) is 0 Å². The van der Waals surface area contributed by atoms with Gasteiger partial charge in [0.1, 0.15) is 5.82 Å². The van der Waals surface area contributed by atoms with Gasteiger partial charge in [0.25, 0.3) is 5.69 Å². The summed E-state index contributed by atoms with van der Waals surface area (Å²) in [6, 6.07) is 11.2. The smallest absolute Gasteiger partial charge is 0.269 e. The summed E-state index contributed by atoms with van der Waals surface area (Å²) in [7, 11) is 0. The molecule has 2 fully saturated rings. The number of anilines is 2. The number of benzene rings is 1. The maximum atomic E-state index is 13.5. The van der Waals surface area contributed by atoms with Crippen molar-refractivity contribution in [2.45, 2.75) is 50.6 Å². The Morgan fingerprint density at radius 2 is 1.97 bits per heavy atom. The number of nitrogens with zero attached hydrogens (tertiary/aromatic N) is 4. The van der Waals surface area contributed by atoms with Crippen LogP contribution in [0.4, 0.5) is 17.2 Å². The lowest BCUT2D eigenvalue weighted by Gasteiger charge is -2.49. The Balaban J connectivity index is 1.44. The third-order valence-electron chi connectivity index (χ3n) is 7.17. The number of non-ortho nitro benzene ring substituents is 1. The van der Waals surface area contributed by atoms with Gasteiger partial charge in [0.2, 0.25) is 5.91 Å². The van der Waals surface area contributed by atoms with Gasteiger partial charge in [-0.3, -0.25) is 14.9 Å². The molecule has 3 aliphatic rings. The van der Waals surface area contributed by atoms with E-state index in [1.165, 1.54) is 6.42 Å². The van der Waals surface area contributed by atoms with Crippen LogP contribution in [0, 0.1) is 16.0 Å².